The topological polar surface area (TPSA) is 20.3 Å². The molecule has 19 heavy (non-hydrogen) atoms. The van der Waals surface area contributed by atoms with Crippen LogP contribution in [-0.2, 0) is 11.3 Å². The Balaban J connectivity index is 1.86. The second-order valence-electron chi connectivity index (χ2n) is 5.69. The smallest absolute Gasteiger partial charge is 0.119 e. The molecular formula is C17H25NO. The van der Waals surface area contributed by atoms with Crippen molar-refractivity contribution in [2.75, 3.05) is 0 Å². The SMILES string of the molecule is CC1CCC(CCCCC=O)N1Cc1ccccc1. The van der Waals surface area contributed by atoms with Gasteiger partial charge in [-0.15, -0.1) is 0 Å². The molecule has 0 N–H and O–H groups in total. The van der Waals surface area contributed by atoms with E-state index in [0.29, 0.717) is 12.1 Å². The zero-order valence-electron chi connectivity index (χ0n) is 11.9. The van der Waals surface area contributed by atoms with Crippen LogP contribution >= 0.6 is 0 Å². The van der Waals surface area contributed by atoms with E-state index in [1.165, 1.54) is 31.2 Å². The number of hydrogen-bond acceptors (Lipinski definition) is 2. The van der Waals surface area contributed by atoms with Gasteiger partial charge in [-0.25, -0.2) is 0 Å². The molecule has 1 aromatic rings. The molecule has 1 aliphatic heterocycles. The van der Waals surface area contributed by atoms with Gasteiger partial charge >= 0.3 is 0 Å². The quantitative estimate of drug-likeness (QED) is 0.548. The molecule has 2 heteroatoms. The standard InChI is InChI=1S/C17H25NO/c1-15-11-12-17(10-6-3-7-13-19)18(15)14-16-8-4-2-5-9-16/h2,4-5,8-9,13,15,17H,3,6-7,10-12,14H2,1H3. The van der Waals surface area contributed by atoms with Crippen LogP contribution in [0.1, 0.15) is 51.0 Å². The summed E-state index contributed by atoms with van der Waals surface area (Å²) in [6.45, 7) is 3.41. The minimum absolute atomic E-state index is 0.691. The molecule has 2 rings (SSSR count). The van der Waals surface area contributed by atoms with Gasteiger partial charge in [0, 0.05) is 25.0 Å². The summed E-state index contributed by atoms with van der Waals surface area (Å²) >= 11 is 0. The van der Waals surface area contributed by atoms with Crippen molar-refractivity contribution in [1.82, 2.24) is 4.90 Å². The van der Waals surface area contributed by atoms with Crippen molar-refractivity contribution >= 4 is 6.29 Å². The number of hydrogen-bond donors (Lipinski definition) is 0. The number of carbonyl (C=O) groups is 1. The predicted octanol–water partition coefficient (Wildman–Crippen LogP) is 3.80. The molecule has 1 heterocycles. The van der Waals surface area contributed by atoms with Gasteiger partial charge in [-0.05, 0) is 38.2 Å². The Morgan fingerprint density at radius 1 is 1.21 bits per heavy atom. The average Bonchev–Trinajstić information content (AvgIpc) is 2.78. The van der Waals surface area contributed by atoms with Crippen molar-refractivity contribution in [2.24, 2.45) is 0 Å². The lowest BCUT2D eigenvalue weighted by atomic mass is 10.1. The van der Waals surface area contributed by atoms with Crippen molar-refractivity contribution in [1.29, 1.82) is 0 Å². The number of benzene rings is 1. The van der Waals surface area contributed by atoms with Gasteiger partial charge in [-0.2, -0.15) is 0 Å². The second-order valence-corrected chi connectivity index (χ2v) is 5.69. The first-order valence-electron chi connectivity index (χ1n) is 7.54. The molecule has 0 aromatic heterocycles. The van der Waals surface area contributed by atoms with Gasteiger partial charge in [0.1, 0.15) is 6.29 Å². The zero-order valence-corrected chi connectivity index (χ0v) is 11.9. The fourth-order valence-corrected chi connectivity index (χ4v) is 3.12. The average molecular weight is 259 g/mol. The van der Waals surface area contributed by atoms with E-state index in [9.17, 15) is 4.79 Å². The third kappa shape index (κ3) is 4.17. The van der Waals surface area contributed by atoms with Crippen molar-refractivity contribution in [3.8, 4) is 0 Å². The van der Waals surface area contributed by atoms with E-state index in [1.807, 2.05) is 0 Å². The molecule has 0 radical (unpaired) electrons. The van der Waals surface area contributed by atoms with E-state index in [2.05, 4.69) is 42.2 Å². The summed E-state index contributed by atoms with van der Waals surface area (Å²) < 4.78 is 0. The van der Waals surface area contributed by atoms with Crippen LogP contribution in [0.5, 0.6) is 0 Å². The maximum absolute atomic E-state index is 10.3. The molecule has 2 atom stereocenters. The summed E-state index contributed by atoms with van der Waals surface area (Å²) in [4.78, 5) is 13.0. The van der Waals surface area contributed by atoms with Crippen molar-refractivity contribution in [3.05, 3.63) is 35.9 Å². The van der Waals surface area contributed by atoms with Gasteiger partial charge in [-0.1, -0.05) is 36.8 Å². The third-order valence-corrected chi connectivity index (χ3v) is 4.27. The van der Waals surface area contributed by atoms with Crippen molar-refractivity contribution in [2.45, 2.75) is 64.1 Å². The minimum atomic E-state index is 0.691. The second kappa shape index (κ2) is 7.44. The normalized spacial score (nSPS) is 23.6. The number of aldehydes is 1. The van der Waals surface area contributed by atoms with Gasteiger partial charge < -0.3 is 4.79 Å². The van der Waals surface area contributed by atoms with Crippen molar-refractivity contribution < 1.29 is 4.79 Å². The number of likely N-dealkylation sites (tertiary alicyclic amines) is 1. The highest BCUT2D eigenvalue weighted by molar-refractivity contribution is 5.48. The fraction of sp³-hybridized carbons (Fsp3) is 0.588. The maximum atomic E-state index is 10.3. The molecular weight excluding hydrogens is 234 g/mol. The van der Waals surface area contributed by atoms with Gasteiger partial charge in [0.25, 0.3) is 0 Å². The molecule has 2 nitrogen and oxygen atoms in total. The molecule has 0 saturated carbocycles. The first kappa shape index (κ1) is 14.3. The van der Waals surface area contributed by atoms with E-state index in [4.69, 9.17) is 0 Å². The van der Waals surface area contributed by atoms with E-state index in [1.54, 1.807) is 0 Å². The van der Waals surface area contributed by atoms with Crippen LogP contribution in [-0.4, -0.2) is 23.3 Å². The van der Waals surface area contributed by atoms with Gasteiger partial charge in [0.15, 0.2) is 0 Å². The molecule has 1 aliphatic rings. The summed E-state index contributed by atoms with van der Waals surface area (Å²) in [6, 6.07) is 12.2. The molecule has 104 valence electrons. The molecule has 1 fully saturated rings. The molecule has 1 aromatic carbocycles. The van der Waals surface area contributed by atoms with Crippen LogP contribution < -0.4 is 0 Å². The Kier molecular flexibility index (Phi) is 5.59. The lowest BCUT2D eigenvalue weighted by Gasteiger charge is -2.28. The third-order valence-electron chi connectivity index (χ3n) is 4.27. The highest BCUT2D eigenvalue weighted by atomic mass is 16.1. The van der Waals surface area contributed by atoms with Gasteiger partial charge in [0.2, 0.25) is 0 Å². The van der Waals surface area contributed by atoms with E-state index in [-0.39, 0.29) is 0 Å². The Labute approximate surface area is 116 Å². The molecule has 2 unspecified atom stereocenters. The number of nitrogens with zero attached hydrogens (tertiary/aromatic N) is 1. The summed E-state index contributed by atoms with van der Waals surface area (Å²) in [5.74, 6) is 0. The van der Waals surface area contributed by atoms with Crippen molar-refractivity contribution in [3.63, 3.8) is 0 Å². The number of unbranched alkanes of at least 4 members (excludes halogenated alkanes) is 2. The molecule has 1 saturated heterocycles. The summed E-state index contributed by atoms with van der Waals surface area (Å²) in [6.07, 6.45) is 7.86. The molecule has 0 spiro atoms. The van der Waals surface area contributed by atoms with Crippen LogP contribution in [0.4, 0.5) is 0 Å². The fourth-order valence-electron chi connectivity index (χ4n) is 3.12. The summed E-state index contributed by atoms with van der Waals surface area (Å²) in [5.41, 5.74) is 1.41. The Morgan fingerprint density at radius 2 is 2.00 bits per heavy atom. The van der Waals surface area contributed by atoms with E-state index in [0.717, 1.165) is 25.7 Å². The Hall–Kier alpha value is -1.15. The first-order chi connectivity index (χ1) is 9.31. The van der Waals surface area contributed by atoms with Gasteiger partial charge in [0.05, 0.1) is 0 Å². The minimum Gasteiger partial charge on any atom is -0.303 e. The van der Waals surface area contributed by atoms with Gasteiger partial charge in [-0.3, -0.25) is 4.90 Å². The number of rotatable bonds is 7. The summed E-state index contributed by atoms with van der Waals surface area (Å²) in [7, 11) is 0. The van der Waals surface area contributed by atoms with Crippen LogP contribution in [0.25, 0.3) is 0 Å². The molecule has 0 aliphatic carbocycles. The zero-order chi connectivity index (χ0) is 13.5. The van der Waals surface area contributed by atoms with Crippen LogP contribution in [0.15, 0.2) is 30.3 Å². The number of carbonyl (C=O) groups excluding carboxylic acids is 1. The van der Waals surface area contributed by atoms with Crippen LogP contribution in [0.2, 0.25) is 0 Å². The van der Waals surface area contributed by atoms with Crippen LogP contribution in [0, 0.1) is 0 Å². The molecule has 0 bridgehead atoms. The van der Waals surface area contributed by atoms with Crippen LogP contribution in [0.3, 0.4) is 0 Å². The highest BCUT2D eigenvalue weighted by Gasteiger charge is 2.29. The lowest BCUT2D eigenvalue weighted by molar-refractivity contribution is -0.107. The monoisotopic (exact) mass is 259 g/mol. The largest absolute Gasteiger partial charge is 0.303 e. The predicted molar refractivity (Wildman–Crippen MR) is 79.0 cm³/mol. The lowest BCUT2D eigenvalue weighted by Crippen LogP contribution is -2.33. The summed E-state index contributed by atoms with van der Waals surface area (Å²) in [5, 5.41) is 0. The van der Waals surface area contributed by atoms with E-state index >= 15 is 0 Å². The Bertz CT molecular complexity index is 376. The maximum Gasteiger partial charge on any atom is 0.119 e. The highest BCUT2D eigenvalue weighted by Crippen LogP contribution is 2.29. The Morgan fingerprint density at radius 3 is 2.74 bits per heavy atom. The molecule has 0 amide bonds. The first-order valence-corrected chi connectivity index (χ1v) is 7.54. The van der Waals surface area contributed by atoms with E-state index < -0.39 is 0 Å².